The van der Waals surface area contributed by atoms with E-state index in [0.717, 1.165) is 56.6 Å². The smallest absolute Gasteiger partial charge is 1.00 e. The molecule has 77 heavy (non-hydrogen) atoms. The minimum atomic E-state index is -2.03. The van der Waals surface area contributed by atoms with Crippen molar-refractivity contribution in [2.75, 3.05) is 7.11 Å². The summed E-state index contributed by atoms with van der Waals surface area (Å²) >= 11 is 32.7. The number of alkyl halides is 6. The third-order valence-electron chi connectivity index (χ3n) is 7.92. The van der Waals surface area contributed by atoms with Crippen LogP contribution in [0.5, 0.6) is 0 Å². The third-order valence-corrected chi connectivity index (χ3v) is 10.2. The molecule has 1 fully saturated rings. The van der Waals surface area contributed by atoms with Gasteiger partial charge in [0.05, 0.1) is 37.4 Å². The van der Waals surface area contributed by atoms with Gasteiger partial charge in [0.15, 0.2) is 15.2 Å². The number of rotatable bonds is 17. The zero-order chi connectivity index (χ0) is 59.4. The molecule has 7 atom stereocenters. The molecule has 448 valence electrons. The van der Waals surface area contributed by atoms with Crippen molar-refractivity contribution in [1.82, 2.24) is 0 Å². The van der Waals surface area contributed by atoms with E-state index in [1.807, 2.05) is 67.6 Å². The van der Waals surface area contributed by atoms with Gasteiger partial charge in [0.1, 0.15) is 6.29 Å². The molecule has 1 aliphatic carbocycles. The fourth-order valence-corrected chi connectivity index (χ4v) is 5.23. The summed E-state index contributed by atoms with van der Waals surface area (Å²) in [6.07, 6.45) is 2.60. The van der Waals surface area contributed by atoms with Crippen LogP contribution in [-0.4, -0.2) is 116 Å². The summed E-state index contributed by atoms with van der Waals surface area (Å²) < 4.78 is 44.4. The van der Waals surface area contributed by atoms with Gasteiger partial charge < -0.3 is 86.4 Å². The number of benzene rings is 1. The molecule has 19 nitrogen and oxygen atoms in total. The number of hydrogen-bond acceptors (Lipinski definition) is 19. The van der Waals surface area contributed by atoms with Crippen LogP contribution in [0.1, 0.15) is 165 Å². The molecule has 28 heteroatoms. The summed E-state index contributed by atoms with van der Waals surface area (Å²) in [4.78, 5) is 74.7. The zero-order valence-electron chi connectivity index (χ0n) is 47.0. The van der Waals surface area contributed by atoms with Crippen LogP contribution >= 0.6 is 92.2 Å². The van der Waals surface area contributed by atoms with Crippen molar-refractivity contribution in [1.29, 1.82) is 0 Å². The number of halogens is 8. The van der Waals surface area contributed by atoms with Crippen LogP contribution in [0.15, 0.2) is 24.3 Å². The Bertz CT molecular complexity index is 1640. The topological polar surface area (TPSA) is 252 Å². The van der Waals surface area contributed by atoms with Gasteiger partial charge in [-0.25, -0.2) is 24.0 Å². The fraction of sp³-hybridized carbons (Fsp3) is 0.735. The van der Waals surface area contributed by atoms with E-state index in [0.29, 0.717) is 31.6 Å². The molecule has 0 spiro atoms. The van der Waals surface area contributed by atoms with Crippen molar-refractivity contribution in [3.63, 3.8) is 0 Å². The minimum Gasteiger partial charge on any atom is -1.00 e. The number of hydrogen-bond donors (Lipinski definition) is 2. The van der Waals surface area contributed by atoms with E-state index in [1.165, 1.54) is 0 Å². The Morgan fingerprint density at radius 1 is 0.675 bits per heavy atom. The van der Waals surface area contributed by atoms with Crippen molar-refractivity contribution < 1.29 is 145 Å². The summed E-state index contributed by atoms with van der Waals surface area (Å²) in [6, 6.07) is 7.82. The molecule has 0 bridgehead atoms. The largest absolute Gasteiger partial charge is 1.00 e. The van der Waals surface area contributed by atoms with Crippen molar-refractivity contribution >= 4 is 135 Å². The average molecular weight is 1460 g/mol. The Labute approximate surface area is 539 Å². The summed E-state index contributed by atoms with van der Waals surface area (Å²) in [5.41, 5.74) is -0.0325. The first kappa shape index (κ1) is 89.8. The molecule has 1 aromatic rings. The maximum absolute atomic E-state index is 12.4. The first-order valence-corrected chi connectivity index (χ1v) is 27.6. The van der Waals surface area contributed by atoms with Gasteiger partial charge in [-0.05, 0) is 175 Å². The van der Waals surface area contributed by atoms with Gasteiger partial charge in [-0.15, -0.1) is 0 Å². The second kappa shape index (κ2) is 55.6. The summed E-state index contributed by atoms with van der Waals surface area (Å²) in [6.45, 7) is 24.8. The number of ether oxygens (including phenoxy) is 10. The standard InChI is InChI=1S/C22H32O6.C7H13ClO3.C7H13IO3.C4H6Cl2O2.C3H3Cl3O3.C3H8O.C3H6O.HI.Na/c1-5-20(28-22(25)26-14(2)3)27-21(24)15(4)17-11-9-16(10-12-17)13-18-7-6-8-19(18)23;2*1-4-6(8)11-7(9)10-5(2)3;1-2-3(5)8-4(6)7;1-8-2(7)9-3(4,5)6;1-3(2)4;1-2-3-4;;/h9-12,14-15,18-20,23H,5-8,13H2,1-4H3;2*5-6H,4H2,1-3H3;3H,2H2,1H3;1H3;3-4H,1-2H3;3H,2H2,1H3;1H;/q;;;;;;;;+1/p-1/t15-,18+,19-,20?;;;;;;;;/m0......../s1. The van der Waals surface area contributed by atoms with Crippen molar-refractivity contribution in [3.8, 4) is 0 Å². The molecular weight excluding hydrogens is 1380 g/mol. The van der Waals surface area contributed by atoms with E-state index in [4.69, 9.17) is 98.4 Å². The Balaban J connectivity index is -0.000000167. The number of esters is 1. The first-order valence-electron chi connectivity index (χ1n) is 24.0. The molecule has 0 aromatic heterocycles. The Kier molecular flexibility index (Phi) is 64.8. The van der Waals surface area contributed by atoms with E-state index in [-0.39, 0.29) is 88.2 Å². The van der Waals surface area contributed by atoms with E-state index in [9.17, 15) is 38.7 Å². The van der Waals surface area contributed by atoms with E-state index in [1.54, 1.807) is 76.2 Å². The predicted octanol–water partition coefficient (Wildman–Crippen LogP) is 9.00. The second-order valence-corrected chi connectivity index (χ2v) is 21.1. The number of aliphatic hydroxyl groups is 2. The summed E-state index contributed by atoms with van der Waals surface area (Å²) in [5, 5.41) is 18.0. The van der Waals surface area contributed by atoms with E-state index < -0.39 is 63.3 Å². The minimum absolute atomic E-state index is 0. The van der Waals surface area contributed by atoms with Gasteiger partial charge in [-0.1, -0.05) is 88.5 Å². The van der Waals surface area contributed by atoms with E-state index in [2.05, 4.69) is 23.7 Å². The van der Waals surface area contributed by atoms with Gasteiger partial charge >= 0.3 is 69.6 Å². The fourth-order valence-electron chi connectivity index (χ4n) is 4.52. The Morgan fingerprint density at radius 2 is 1.09 bits per heavy atom. The van der Waals surface area contributed by atoms with Crippen molar-refractivity contribution in [2.24, 2.45) is 5.92 Å². The number of aliphatic hydroxyl groups excluding tert-OH is 2. The van der Waals surface area contributed by atoms with Crippen LogP contribution in [-0.2, 0) is 63.4 Å². The average Bonchev–Trinajstić information content (AvgIpc) is 3.70. The first-order chi connectivity index (χ1) is 34.7. The number of methoxy groups -OCH3 is 1. The molecule has 0 amide bonds. The molecule has 1 aromatic carbocycles. The molecule has 4 unspecified atom stereocenters. The maximum atomic E-state index is 12.4. The van der Waals surface area contributed by atoms with Crippen LogP contribution in [0, 0.1) is 5.92 Å². The number of carbonyl (C=O) groups is 7. The Morgan fingerprint density at radius 3 is 1.39 bits per heavy atom. The predicted molar refractivity (Wildman–Crippen MR) is 298 cm³/mol. The molecule has 0 aliphatic heterocycles. The zero-order valence-corrected chi connectivity index (χ0v) is 57.8. The Hall–Kier alpha value is -0.970. The van der Waals surface area contributed by atoms with E-state index >= 15 is 0 Å². The quantitative estimate of drug-likeness (QED) is 0.0216. The monoisotopic (exact) mass is 1460 g/mol. The van der Waals surface area contributed by atoms with Gasteiger partial charge in [-0.3, -0.25) is 4.79 Å². The maximum Gasteiger partial charge on any atom is 1.00 e. The summed E-state index contributed by atoms with van der Waals surface area (Å²) in [7, 11) is 1.11. The third kappa shape index (κ3) is 64.1. The van der Waals surface area contributed by atoms with Crippen LogP contribution in [0.3, 0.4) is 0 Å². The molecule has 1 saturated carbocycles. The molecule has 0 saturated heterocycles. The SMILES string of the molecule is CC(C)O.CCC(Cl)OC(=O)Cl.CCC(Cl)OC(=O)OC(C)C.CCC(I)OC(=O)OC(C)C.CCC(OC(=O)OC(C)C)OC(=O)[C@@H](C)c1ccc(C[C@H]2CCC[C@@H]2O)cc1.CCC=O.COC(=O)OC(Cl)(Cl)Cl.[I-].[Na+]. The second-order valence-electron chi connectivity index (χ2n) is 16.3. The van der Waals surface area contributed by atoms with Gasteiger partial charge in [0.25, 0.3) is 6.29 Å². The molecule has 1 aliphatic rings. The molecular formula is C49H81Cl6I2NaO19. The van der Waals surface area contributed by atoms with Gasteiger partial charge in [0.2, 0.25) is 0 Å². The molecule has 0 radical (unpaired) electrons. The number of carbonyl (C=O) groups excluding carboxylic acids is 7. The van der Waals surface area contributed by atoms with Crippen molar-refractivity contribution in [2.45, 2.75) is 217 Å². The van der Waals surface area contributed by atoms with Crippen molar-refractivity contribution in [3.05, 3.63) is 35.4 Å². The molecule has 2 N–H and O–H groups in total. The molecule has 0 heterocycles. The van der Waals surface area contributed by atoms with Crippen LogP contribution in [0.4, 0.5) is 24.0 Å². The van der Waals surface area contributed by atoms with Crippen LogP contribution in [0.2, 0.25) is 0 Å². The number of aldehydes is 1. The molecule has 2 rings (SSSR count). The van der Waals surface area contributed by atoms with Gasteiger partial charge in [-0.2, -0.15) is 0 Å². The van der Waals surface area contributed by atoms with Gasteiger partial charge in [0, 0.05) is 30.5 Å². The summed E-state index contributed by atoms with van der Waals surface area (Å²) in [5.74, 6) is -0.616. The van der Waals surface area contributed by atoms with Crippen LogP contribution in [0.25, 0.3) is 0 Å². The normalized spacial score (nSPS) is 14.8. The van der Waals surface area contributed by atoms with Crippen LogP contribution < -0.4 is 53.5 Å².